The number of benzene rings is 3. The van der Waals surface area contributed by atoms with E-state index in [9.17, 15) is 14.9 Å². The molecule has 9 nitrogen and oxygen atoms in total. The number of anilines is 2. The summed E-state index contributed by atoms with van der Waals surface area (Å²) in [6.45, 7) is 0. The van der Waals surface area contributed by atoms with E-state index in [1.165, 1.54) is 12.1 Å². The van der Waals surface area contributed by atoms with Crippen LogP contribution in [-0.2, 0) is 0 Å². The van der Waals surface area contributed by atoms with Gasteiger partial charge in [-0.3, -0.25) is 20.0 Å². The number of hydrogen-bond acceptors (Lipinski definition) is 6. The van der Waals surface area contributed by atoms with Crippen molar-refractivity contribution >= 4 is 23.0 Å². The third kappa shape index (κ3) is 3.72. The lowest BCUT2D eigenvalue weighted by Gasteiger charge is -2.09. The molecule has 1 amide bonds. The predicted octanol–water partition coefficient (Wildman–Crippen LogP) is 3.88. The average Bonchev–Trinajstić information content (AvgIpc) is 3.25. The highest BCUT2D eigenvalue weighted by atomic mass is 16.6. The second-order valence-electron chi connectivity index (χ2n) is 6.40. The van der Waals surface area contributed by atoms with E-state index in [0.717, 1.165) is 11.6 Å². The van der Waals surface area contributed by atoms with E-state index in [-0.39, 0.29) is 16.9 Å². The van der Waals surface area contributed by atoms with Gasteiger partial charge in [0.05, 0.1) is 10.6 Å². The Morgan fingerprint density at radius 3 is 2.53 bits per heavy atom. The van der Waals surface area contributed by atoms with Crippen LogP contribution in [0.5, 0.6) is 0 Å². The van der Waals surface area contributed by atoms with Crippen LogP contribution in [0.3, 0.4) is 0 Å². The van der Waals surface area contributed by atoms with Crippen molar-refractivity contribution in [2.75, 3.05) is 11.1 Å². The van der Waals surface area contributed by atoms with Crippen LogP contribution >= 0.6 is 0 Å². The van der Waals surface area contributed by atoms with E-state index in [2.05, 4.69) is 20.5 Å². The number of carbonyl (C=O) groups is 1. The van der Waals surface area contributed by atoms with E-state index >= 15 is 0 Å². The molecule has 0 spiro atoms. The highest BCUT2D eigenvalue weighted by Gasteiger charge is 2.18. The molecule has 30 heavy (non-hydrogen) atoms. The number of nitrogens with two attached hydrogens (primary N) is 1. The summed E-state index contributed by atoms with van der Waals surface area (Å²) in [7, 11) is 0. The minimum atomic E-state index is -0.625. The molecule has 9 heteroatoms. The van der Waals surface area contributed by atoms with Crippen molar-refractivity contribution in [3.8, 4) is 22.8 Å². The lowest BCUT2D eigenvalue weighted by Crippen LogP contribution is -2.13. The van der Waals surface area contributed by atoms with Gasteiger partial charge >= 0.3 is 0 Å². The summed E-state index contributed by atoms with van der Waals surface area (Å²) in [5.74, 6) is 0.502. The largest absolute Gasteiger partial charge is 0.393 e. The average molecular weight is 400 g/mol. The van der Waals surface area contributed by atoms with Crippen LogP contribution in [0, 0.1) is 10.1 Å². The standard InChI is InChI=1S/C21H16N6O3/c22-16-11-10-14(12-18(16)27(29)30)21(28)23-17-9-5-4-8-15(17)20-24-19(25-26-20)13-6-2-1-3-7-13/h1-12H,22H2,(H,23,28)(H,24,25,26). The molecule has 0 saturated carbocycles. The van der Waals surface area contributed by atoms with Crippen LogP contribution < -0.4 is 11.1 Å². The first-order valence-corrected chi connectivity index (χ1v) is 8.95. The molecule has 0 aliphatic rings. The first kappa shape index (κ1) is 18.8. The number of amides is 1. The zero-order valence-electron chi connectivity index (χ0n) is 15.6. The zero-order chi connectivity index (χ0) is 21.1. The lowest BCUT2D eigenvalue weighted by molar-refractivity contribution is -0.383. The summed E-state index contributed by atoms with van der Waals surface area (Å²) in [5, 5.41) is 21.0. The van der Waals surface area contributed by atoms with Crippen molar-refractivity contribution in [2.24, 2.45) is 0 Å². The maximum absolute atomic E-state index is 12.7. The summed E-state index contributed by atoms with van der Waals surface area (Å²) in [6.07, 6.45) is 0. The molecular weight excluding hydrogens is 384 g/mol. The third-order valence-electron chi connectivity index (χ3n) is 4.44. The van der Waals surface area contributed by atoms with Crippen molar-refractivity contribution < 1.29 is 9.72 Å². The molecule has 4 rings (SSSR count). The number of aromatic amines is 1. The first-order valence-electron chi connectivity index (χ1n) is 8.95. The summed E-state index contributed by atoms with van der Waals surface area (Å²) in [5.41, 5.74) is 7.36. The molecule has 0 atom stereocenters. The molecular formula is C21H16N6O3. The number of nitro groups is 1. The van der Waals surface area contributed by atoms with Crippen molar-refractivity contribution in [1.29, 1.82) is 0 Å². The van der Waals surface area contributed by atoms with E-state index in [0.29, 0.717) is 22.9 Å². The highest BCUT2D eigenvalue weighted by molar-refractivity contribution is 6.06. The van der Waals surface area contributed by atoms with E-state index in [4.69, 9.17) is 5.73 Å². The summed E-state index contributed by atoms with van der Waals surface area (Å²) in [4.78, 5) is 27.7. The van der Waals surface area contributed by atoms with Gasteiger partial charge in [0.25, 0.3) is 11.6 Å². The number of aromatic nitrogens is 3. The molecule has 1 aromatic heterocycles. The highest BCUT2D eigenvalue weighted by Crippen LogP contribution is 2.28. The summed E-state index contributed by atoms with van der Waals surface area (Å²) >= 11 is 0. The molecule has 0 radical (unpaired) electrons. The number of nitrogen functional groups attached to an aromatic ring is 1. The number of nitrogens with one attached hydrogen (secondary N) is 2. The van der Waals surface area contributed by atoms with Crippen molar-refractivity contribution in [1.82, 2.24) is 15.2 Å². The number of H-pyrrole nitrogens is 1. The minimum absolute atomic E-state index is 0.00736. The molecule has 4 aromatic rings. The number of carbonyl (C=O) groups excluding carboxylic acids is 1. The molecule has 4 N–H and O–H groups in total. The topological polar surface area (TPSA) is 140 Å². The molecule has 148 valence electrons. The van der Waals surface area contributed by atoms with E-state index in [1.54, 1.807) is 18.2 Å². The van der Waals surface area contributed by atoms with Gasteiger partial charge in [-0.2, -0.15) is 5.10 Å². The SMILES string of the molecule is Nc1ccc(C(=O)Nc2ccccc2-c2nc(-c3ccccc3)n[nH]2)cc1[N+](=O)[O-]. The van der Waals surface area contributed by atoms with Crippen molar-refractivity contribution in [3.05, 3.63) is 88.5 Å². The fraction of sp³-hybridized carbons (Fsp3) is 0. The van der Waals surface area contributed by atoms with Crippen molar-refractivity contribution in [2.45, 2.75) is 0 Å². The van der Waals surface area contributed by atoms with Crippen LogP contribution in [0.2, 0.25) is 0 Å². The Hall–Kier alpha value is -4.53. The van der Waals surface area contributed by atoms with Crippen LogP contribution in [0.25, 0.3) is 22.8 Å². The zero-order valence-corrected chi connectivity index (χ0v) is 15.6. The quantitative estimate of drug-likeness (QED) is 0.264. The van der Waals surface area contributed by atoms with Gasteiger partial charge in [0.15, 0.2) is 11.6 Å². The second kappa shape index (κ2) is 7.84. The van der Waals surface area contributed by atoms with Gasteiger partial charge in [0.2, 0.25) is 0 Å². The van der Waals surface area contributed by atoms with Gasteiger partial charge < -0.3 is 11.1 Å². The van der Waals surface area contributed by atoms with Crippen LogP contribution in [0.1, 0.15) is 10.4 Å². The first-order chi connectivity index (χ1) is 14.5. The Balaban J connectivity index is 1.63. The fourth-order valence-corrected chi connectivity index (χ4v) is 2.93. The number of rotatable bonds is 5. The molecule has 0 aliphatic heterocycles. The Bertz CT molecular complexity index is 1240. The molecule has 1 heterocycles. The Morgan fingerprint density at radius 1 is 1.03 bits per heavy atom. The molecule has 0 fully saturated rings. The van der Waals surface area contributed by atoms with Gasteiger partial charge in [-0.15, -0.1) is 0 Å². The van der Waals surface area contributed by atoms with Gasteiger partial charge in [-0.25, -0.2) is 4.98 Å². The Labute approximate surface area is 170 Å². The fourth-order valence-electron chi connectivity index (χ4n) is 2.93. The molecule has 0 saturated heterocycles. The predicted molar refractivity (Wildman–Crippen MR) is 113 cm³/mol. The van der Waals surface area contributed by atoms with E-state index < -0.39 is 10.8 Å². The number of nitrogens with zero attached hydrogens (tertiary/aromatic N) is 3. The normalized spacial score (nSPS) is 10.5. The van der Waals surface area contributed by atoms with Crippen LogP contribution in [0.4, 0.5) is 17.1 Å². The Morgan fingerprint density at radius 2 is 1.77 bits per heavy atom. The van der Waals surface area contributed by atoms with Crippen molar-refractivity contribution in [3.63, 3.8) is 0 Å². The minimum Gasteiger partial charge on any atom is -0.393 e. The second-order valence-corrected chi connectivity index (χ2v) is 6.40. The molecule has 0 unspecified atom stereocenters. The summed E-state index contributed by atoms with van der Waals surface area (Å²) < 4.78 is 0. The monoisotopic (exact) mass is 400 g/mol. The smallest absolute Gasteiger partial charge is 0.292 e. The Kier molecular flexibility index (Phi) is 4.92. The lowest BCUT2D eigenvalue weighted by atomic mass is 10.1. The van der Waals surface area contributed by atoms with Gasteiger partial charge in [-0.1, -0.05) is 42.5 Å². The third-order valence-corrected chi connectivity index (χ3v) is 4.44. The van der Waals surface area contributed by atoms with Gasteiger partial charge in [0, 0.05) is 22.8 Å². The maximum atomic E-state index is 12.7. The van der Waals surface area contributed by atoms with Crippen LogP contribution in [-0.4, -0.2) is 26.0 Å². The molecule has 3 aromatic carbocycles. The number of nitro benzene ring substituents is 1. The molecule has 0 bridgehead atoms. The van der Waals surface area contributed by atoms with Crippen LogP contribution in [0.15, 0.2) is 72.8 Å². The number of hydrogen-bond donors (Lipinski definition) is 3. The van der Waals surface area contributed by atoms with E-state index in [1.807, 2.05) is 36.4 Å². The maximum Gasteiger partial charge on any atom is 0.292 e. The van der Waals surface area contributed by atoms with Gasteiger partial charge in [-0.05, 0) is 24.3 Å². The molecule has 0 aliphatic carbocycles. The number of para-hydroxylation sites is 1. The summed E-state index contributed by atoms with van der Waals surface area (Å²) in [6, 6.07) is 20.5. The van der Waals surface area contributed by atoms with Gasteiger partial charge in [0.1, 0.15) is 5.69 Å².